The summed E-state index contributed by atoms with van der Waals surface area (Å²) < 4.78 is 11.9. The van der Waals surface area contributed by atoms with E-state index in [0.29, 0.717) is 47.0 Å². The Balaban J connectivity index is 1.52. The van der Waals surface area contributed by atoms with Crippen LogP contribution in [0.4, 0.5) is 0 Å². The molecule has 4 aromatic rings. The fourth-order valence-electron chi connectivity index (χ4n) is 4.36. The molecule has 5 rings (SSSR count). The van der Waals surface area contributed by atoms with Gasteiger partial charge in [0.05, 0.1) is 17.0 Å². The number of hydrogen-bond acceptors (Lipinski definition) is 5. The van der Waals surface area contributed by atoms with Gasteiger partial charge in [0.25, 0.3) is 5.91 Å². The first-order chi connectivity index (χ1) is 16.9. The largest absolute Gasteiger partial charge is 0.489 e. The molecular formula is C28H25ClN2O4. The number of ether oxygens (including phenoxy) is 1. The van der Waals surface area contributed by atoms with Crippen molar-refractivity contribution < 1.29 is 13.9 Å². The van der Waals surface area contributed by atoms with Crippen LogP contribution in [0.1, 0.15) is 33.3 Å². The summed E-state index contributed by atoms with van der Waals surface area (Å²) in [5.74, 6) is 0.516. The van der Waals surface area contributed by atoms with Gasteiger partial charge in [-0.2, -0.15) is 0 Å². The normalized spacial score (nSPS) is 15.1. The zero-order valence-electron chi connectivity index (χ0n) is 19.5. The number of carbonyl (C=O) groups is 1. The number of nitrogens with zero attached hydrogens (tertiary/aromatic N) is 2. The van der Waals surface area contributed by atoms with Crippen LogP contribution in [0.2, 0.25) is 5.02 Å². The zero-order chi connectivity index (χ0) is 24.5. The van der Waals surface area contributed by atoms with E-state index >= 15 is 0 Å². The molecule has 178 valence electrons. The molecule has 1 unspecified atom stereocenters. The number of hydrogen-bond donors (Lipinski definition) is 0. The molecule has 6 nitrogen and oxygen atoms in total. The van der Waals surface area contributed by atoms with Gasteiger partial charge in [0.2, 0.25) is 5.76 Å². The lowest BCUT2D eigenvalue weighted by atomic mass is 9.98. The minimum absolute atomic E-state index is 0.0954. The number of halogens is 1. The van der Waals surface area contributed by atoms with E-state index in [2.05, 4.69) is 0 Å². The SMILES string of the molecule is CN(C)CCN1C(=O)c2oc3ccc(Cl)cc3c(=O)c2C1c1ccc(OCc2ccccc2)cc1. The highest BCUT2D eigenvalue weighted by Gasteiger charge is 2.42. The number of fused-ring (bicyclic) bond motifs is 2. The van der Waals surface area contributed by atoms with Gasteiger partial charge in [-0.25, -0.2) is 0 Å². The second kappa shape index (κ2) is 9.56. The minimum atomic E-state index is -0.555. The molecule has 3 aromatic carbocycles. The first-order valence-corrected chi connectivity index (χ1v) is 11.8. The zero-order valence-corrected chi connectivity index (χ0v) is 20.3. The third kappa shape index (κ3) is 4.55. The number of likely N-dealkylation sites (N-methyl/N-ethyl adjacent to an activating group) is 1. The van der Waals surface area contributed by atoms with E-state index < -0.39 is 6.04 Å². The van der Waals surface area contributed by atoms with Crippen molar-refractivity contribution in [2.45, 2.75) is 12.6 Å². The van der Waals surface area contributed by atoms with Crippen molar-refractivity contribution in [3.8, 4) is 5.75 Å². The van der Waals surface area contributed by atoms with Crippen molar-refractivity contribution in [3.63, 3.8) is 0 Å². The third-order valence-electron chi connectivity index (χ3n) is 6.16. The Bertz CT molecular complexity index is 1430. The summed E-state index contributed by atoms with van der Waals surface area (Å²) in [6.45, 7) is 1.55. The van der Waals surface area contributed by atoms with Crippen LogP contribution >= 0.6 is 11.6 Å². The van der Waals surface area contributed by atoms with Gasteiger partial charge >= 0.3 is 0 Å². The Morgan fingerprint density at radius 2 is 1.74 bits per heavy atom. The van der Waals surface area contributed by atoms with Crippen LogP contribution in [-0.2, 0) is 6.61 Å². The highest BCUT2D eigenvalue weighted by atomic mass is 35.5. The van der Waals surface area contributed by atoms with E-state index in [1.165, 1.54) is 0 Å². The predicted octanol–water partition coefficient (Wildman–Crippen LogP) is 5.13. The van der Waals surface area contributed by atoms with Gasteiger partial charge in [-0.1, -0.05) is 54.1 Å². The fraction of sp³-hybridized carbons (Fsp3) is 0.214. The summed E-state index contributed by atoms with van der Waals surface area (Å²) in [7, 11) is 3.89. The first-order valence-electron chi connectivity index (χ1n) is 11.4. The van der Waals surface area contributed by atoms with Crippen molar-refractivity contribution in [1.29, 1.82) is 0 Å². The Morgan fingerprint density at radius 1 is 1.00 bits per heavy atom. The third-order valence-corrected chi connectivity index (χ3v) is 6.40. The second-order valence-corrected chi connectivity index (χ2v) is 9.30. The van der Waals surface area contributed by atoms with E-state index in [9.17, 15) is 9.59 Å². The molecule has 0 saturated carbocycles. The number of amides is 1. The molecule has 0 bridgehead atoms. The van der Waals surface area contributed by atoms with Crippen molar-refractivity contribution in [2.75, 3.05) is 27.2 Å². The first kappa shape index (κ1) is 23.1. The average Bonchev–Trinajstić information content (AvgIpc) is 3.14. The lowest BCUT2D eigenvalue weighted by Gasteiger charge is -2.26. The van der Waals surface area contributed by atoms with Crippen molar-refractivity contribution in [3.05, 3.63) is 110 Å². The average molecular weight is 489 g/mol. The van der Waals surface area contributed by atoms with E-state index in [4.69, 9.17) is 20.8 Å². The molecule has 0 fully saturated rings. The van der Waals surface area contributed by atoms with E-state index in [0.717, 1.165) is 11.1 Å². The summed E-state index contributed by atoms with van der Waals surface area (Å²) in [5.41, 5.74) is 2.35. The molecule has 1 aliphatic heterocycles. The lowest BCUT2D eigenvalue weighted by molar-refractivity contribution is 0.0716. The second-order valence-electron chi connectivity index (χ2n) is 8.86. The van der Waals surface area contributed by atoms with E-state index in [-0.39, 0.29) is 17.1 Å². The van der Waals surface area contributed by atoms with Gasteiger partial charge in [0.1, 0.15) is 17.9 Å². The molecule has 1 amide bonds. The van der Waals surface area contributed by atoms with E-state index in [1.54, 1.807) is 23.1 Å². The summed E-state index contributed by atoms with van der Waals surface area (Å²) >= 11 is 6.15. The molecule has 0 saturated heterocycles. The Morgan fingerprint density at radius 3 is 2.46 bits per heavy atom. The van der Waals surface area contributed by atoms with Gasteiger partial charge in [-0.15, -0.1) is 0 Å². The van der Waals surface area contributed by atoms with Gasteiger partial charge in [-0.05, 0) is 55.6 Å². The van der Waals surface area contributed by atoms with Gasteiger partial charge in [-0.3, -0.25) is 9.59 Å². The Hall–Kier alpha value is -3.61. The summed E-state index contributed by atoms with van der Waals surface area (Å²) in [6.07, 6.45) is 0. The number of benzene rings is 3. The lowest BCUT2D eigenvalue weighted by Crippen LogP contribution is -2.35. The Labute approximate surface area is 208 Å². The molecule has 0 radical (unpaired) electrons. The molecule has 1 aromatic heterocycles. The van der Waals surface area contributed by atoms with Crippen molar-refractivity contribution in [2.24, 2.45) is 0 Å². The topological polar surface area (TPSA) is 63.0 Å². The molecule has 7 heteroatoms. The standard InChI is InChI=1S/C28H25ClN2O4/c1-30(2)14-15-31-25(19-8-11-21(12-9-19)34-17-18-6-4-3-5-7-18)24-26(32)22-16-20(29)10-13-23(22)35-27(24)28(31)33/h3-13,16,25H,14-15,17H2,1-2H3. The maximum Gasteiger partial charge on any atom is 0.290 e. The van der Waals surface area contributed by atoms with Crippen LogP contribution < -0.4 is 10.2 Å². The van der Waals surface area contributed by atoms with Crippen molar-refractivity contribution >= 4 is 28.5 Å². The molecule has 0 aliphatic carbocycles. The summed E-state index contributed by atoms with van der Waals surface area (Å²) in [4.78, 5) is 30.7. The monoisotopic (exact) mass is 488 g/mol. The maximum absolute atomic E-state index is 13.6. The van der Waals surface area contributed by atoms with Crippen LogP contribution in [0.3, 0.4) is 0 Å². The van der Waals surface area contributed by atoms with Gasteiger partial charge in [0.15, 0.2) is 5.43 Å². The van der Waals surface area contributed by atoms with Gasteiger partial charge in [0, 0.05) is 18.1 Å². The number of carbonyl (C=O) groups excluding carboxylic acids is 1. The molecule has 35 heavy (non-hydrogen) atoms. The minimum Gasteiger partial charge on any atom is -0.489 e. The van der Waals surface area contributed by atoms with Crippen LogP contribution in [0.15, 0.2) is 82.0 Å². The molecule has 0 N–H and O–H groups in total. The molecule has 1 aliphatic rings. The highest BCUT2D eigenvalue weighted by molar-refractivity contribution is 6.31. The molecule has 0 spiro atoms. The fourth-order valence-corrected chi connectivity index (χ4v) is 4.54. The molecule has 1 atom stereocenters. The maximum atomic E-state index is 13.6. The van der Waals surface area contributed by atoms with Crippen LogP contribution in [0, 0.1) is 0 Å². The van der Waals surface area contributed by atoms with Crippen molar-refractivity contribution in [1.82, 2.24) is 9.80 Å². The Kier molecular flexibility index (Phi) is 6.32. The highest BCUT2D eigenvalue weighted by Crippen LogP contribution is 2.38. The smallest absolute Gasteiger partial charge is 0.290 e. The van der Waals surface area contributed by atoms with Crippen LogP contribution in [0.5, 0.6) is 5.75 Å². The van der Waals surface area contributed by atoms with Crippen LogP contribution in [-0.4, -0.2) is 42.9 Å². The van der Waals surface area contributed by atoms with Crippen LogP contribution in [0.25, 0.3) is 11.0 Å². The quantitative estimate of drug-likeness (QED) is 0.361. The number of rotatable bonds is 7. The summed E-state index contributed by atoms with van der Waals surface area (Å²) in [6, 6.07) is 21.8. The summed E-state index contributed by atoms with van der Waals surface area (Å²) in [5, 5.41) is 0.807. The molecular weight excluding hydrogens is 464 g/mol. The predicted molar refractivity (Wildman–Crippen MR) is 136 cm³/mol. The molecule has 2 heterocycles. The van der Waals surface area contributed by atoms with Gasteiger partial charge < -0.3 is 19.0 Å². The van der Waals surface area contributed by atoms with E-state index in [1.807, 2.05) is 73.6 Å².